The average Bonchev–Trinajstić information content (AvgIpc) is 2.90. The second-order valence-corrected chi connectivity index (χ2v) is 5.74. The van der Waals surface area contributed by atoms with Gasteiger partial charge in [0.1, 0.15) is 16.0 Å². The maximum absolute atomic E-state index is 12.1. The largest absolute Gasteiger partial charge is 0.372 e. The van der Waals surface area contributed by atoms with Gasteiger partial charge in [0.2, 0.25) is 0 Å². The van der Waals surface area contributed by atoms with Crippen LogP contribution in [0.1, 0.15) is 47.5 Å². The van der Waals surface area contributed by atoms with Gasteiger partial charge >= 0.3 is 0 Å². The lowest BCUT2D eigenvalue weighted by molar-refractivity contribution is 0.0762. The van der Waals surface area contributed by atoms with Crippen LogP contribution in [-0.2, 0) is 4.74 Å². The highest BCUT2D eigenvalue weighted by molar-refractivity contribution is 7.13. The summed E-state index contributed by atoms with van der Waals surface area (Å²) in [6, 6.07) is 0.233. The molecule has 19 heavy (non-hydrogen) atoms. The first-order valence-electron chi connectivity index (χ1n) is 6.79. The van der Waals surface area contributed by atoms with Crippen LogP contribution in [0.15, 0.2) is 6.20 Å². The van der Waals surface area contributed by atoms with Crippen LogP contribution in [-0.4, -0.2) is 36.6 Å². The molecule has 1 aliphatic rings. The minimum absolute atomic E-state index is 0.0267. The molecule has 2 atom stereocenters. The van der Waals surface area contributed by atoms with E-state index in [0.717, 1.165) is 30.9 Å². The van der Waals surface area contributed by atoms with Gasteiger partial charge in [-0.2, -0.15) is 0 Å². The number of nitrogens with one attached hydrogen (secondary N) is 2. The lowest BCUT2D eigenvalue weighted by atomic mass is 10.1. The molecule has 1 fully saturated rings. The van der Waals surface area contributed by atoms with Gasteiger partial charge in [-0.1, -0.05) is 0 Å². The zero-order chi connectivity index (χ0) is 13.7. The molecule has 1 aliphatic heterocycles. The van der Waals surface area contributed by atoms with Gasteiger partial charge in [-0.15, -0.1) is 11.3 Å². The van der Waals surface area contributed by atoms with E-state index in [9.17, 15) is 4.79 Å². The Labute approximate surface area is 117 Å². The zero-order valence-corrected chi connectivity index (χ0v) is 12.3. The van der Waals surface area contributed by atoms with Gasteiger partial charge < -0.3 is 15.4 Å². The van der Waals surface area contributed by atoms with Crippen LogP contribution in [0.3, 0.4) is 0 Å². The van der Waals surface area contributed by atoms with Crippen molar-refractivity contribution in [1.29, 1.82) is 0 Å². The molecule has 0 bridgehead atoms. The maximum atomic E-state index is 12.1. The number of carbonyl (C=O) groups is 1. The summed E-state index contributed by atoms with van der Waals surface area (Å²) in [5.74, 6) is -0.0267. The fraction of sp³-hybridized carbons (Fsp3) is 0.692. The lowest BCUT2D eigenvalue weighted by Gasteiger charge is -2.23. The molecule has 1 saturated heterocycles. The van der Waals surface area contributed by atoms with Crippen LogP contribution in [0.2, 0.25) is 0 Å². The van der Waals surface area contributed by atoms with Crippen molar-refractivity contribution >= 4 is 17.2 Å². The van der Waals surface area contributed by atoms with E-state index < -0.39 is 0 Å². The van der Waals surface area contributed by atoms with Gasteiger partial charge in [0.15, 0.2) is 0 Å². The first-order valence-corrected chi connectivity index (χ1v) is 7.61. The molecule has 2 heterocycles. The molecule has 6 heteroatoms. The van der Waals surface area contributed by atoms with Crippen LogP contribution in [0.25, 0.3) is 0 Å². The predicted molar refractivity (Wildman–Crippen MR) is 75.5 cm³/mol. The third kappa shape index (κ3) is 3.99. The fourth-order valence-electron chi connectivity index (χ4n) is 2.13. The molecule has 2 rings (SSSR count). The zero-order valence-electron chi connectivity index (χ0n) is 11.4. The molecule has 0 spiro atoms. The molecule has 2 N–H and O–H groups in total. The number of thiazole rings is 1. The quantitative estimate of drug-likeness (QED) is 0.864. The van der Waals surface area contributed by atoms with E-state index in [1.54, 1.807) is 6.20 Å². The minimum atomic E-state index is -0.0482. The molecule has 0 saturated carbocycles. The van der Waals surface area contributed by atoms with Gasteiger partial charge in [0.05, 0.1) is 6.20 Å². The van der Waals surface area contributed by atoms with Gasteiger partial charge in [0, 0.05) is 19.2 Å². The first kappa shape index (κ1) is 14.4. The summed E-state index contributed by atoms with van der Waals surface area (Å²) in [5.41, 5.74) is 0. The molecular formula is C13H21N3O2S. The number of carbonyl (C=O) groups excluding carboxylic acids is 1. The molecule has 0 aromatic carbocycles. The van der Waals surface area contributed by atoms with E-state index in [4.69, 9.17) is 4.74 Å². The Hall–Kier alpha value is -0.980. The number of rotatable bonds is 5. The SMILES string of the molecule is CCOC(C)c1ncc(C(=O)N[C@H]2CCCNC2)s1. The molecule has 0 radical (unpaired) electrons. The Morgan fingerprint density at radius 2 is 2.58 bits per heavy atom. The molecule has 106 valence electrons. The van der Waals surface area contributed by atoms with Gasteiger partial charge in [-0.05, 0) is 33.2 Å². The summed E-state index contributed by atoms with van der Waals surface area (Å²) in [7, 11) is 0. The molecule has 1 aromatic rings. The predicted octanol–water partition coefficient (Wildman–Crippen LogP) is 1.72. The molecule has 5 nitrogen and oxygen atoms in total. The third-order valence-electron chi connectivity index (χ3n) is 3.14. The highest BCUT2D eigenvalue weighted by Gasteiger charge is 2.19. The number of amides is 1. The molecule has 0 aliphatic carbocycles. The monoisotopic (exact) mass is 283 g/mol. The van der Waals surface area contributed by atoms with Crippen molar-refractivity contribution < 1.29 is 9.53 Å². The summed E-state index contributed by atoms with van der Waals surface area (Å²) in [6.07, 6.45) is 3.74. The minimum Gasteiger partial charge on any atom is -0.372 e. The van der Waals surface area contributed by atoms with E-state index in [2.05, 4.69) is 15.6 Å². The second kappa shape index (κ2) is 6.98. The number of piperidine rings is 1. The van der Waals surface area contributed by atoms with E-state index in [-0.39, 0.29) is 18.1 Å². The number of aromatic nitrogens is 1. The fourth-order valence-corrected chi connectivity index (χ4v) is 2.96. The highest BCUT2D eigenvalue weighted by Crippen LogP contribution is 2.22. The van der Waals surface area contributed by atoms with Crippen molar-refractivity contribution in [2.24, 2.45) is 0 Å². The standard InChI is InChI=1S/C13H21N3O2S/c1-3-18-9(2)13-15-8-11(19-13)12(17)16-10-5-4-6-14-7-10/h8-10,14H,3-7H2,1-2H3,(H,16,17)/t9?,10-/m0/s1. The highest BCUT2D eigenvalue weighted by atomic mass is 32.1. The van der Waals surface area contributed by atoms with Crippen LogP contribution >= 0.6 is 11.3 Å². The average molecular weight is 283 g/mol. The molecule has 1 unspecified atom stereocenters. The maximum Gasteiger partial charge on any atom is 0.263 e. The van der Waals surface area contributed by atoms with E-state index >= 15 is 0 Å². The second-order valence-electron chi connectivity index (χ2n) is 4.68. The summed E-state index contributed by atoms with van der Waals surface area (Å²) in [6.45, 7) is 6.45. The Bertz CT molecular complexity index is 416. The summed E-state index contributed by atoms with van der Waals surface area (Å²) < 4.78 is 5.48. The Morgan fingerprint density at radius 3 is 3.26 bits per heavy atom. The van der Waals surface area contributed by atoms with Crippen molar-refractivity contribution in [2.75, 3.05) is 19.7 Å². The molecular weight excluding hydrogens is 262 g/mol. The van der Waals surface area contributed by atoms with Crippen LogP contribution in [0, 0.1) is 0 Å². The lowest BCUT2D eigenvalue weighted by Crippen LogP contribution is -2.45. The topological polar surface area (TPSA) is 63.2 Å². The molecule has 1 amide bonds. The van der Waals surface area contributed by atoms with Crippen molar-refractivity contribution in [3.8, 4) is 0 Å². The number of ether oxygens (including phenoxy) is 1. The van der Waals surface area contributed by atoms with Crippen molar-refractivity contribution in [2.45, 2.75) is 38.8 Å². The number of hydrogen-bond donors (Lipinski definition) is 2. The van der Waals surface area contributed by atoms with E-state index in [0.29, 0.717) is 11.5 Å². The van der Waals surface area contributed by atoms with Crippen LogP contribution < -0.4 is 10.6 Å². The van der Waals surface area contributed by atoms with Gasteiger partial charge in [-0.3, -0.25) is 4.79 Å². The first-order chi connectivity index (χ1) is 9.20. The molecule has 1 aromatic heterocycles. The smallest absolute Gasteiger partial charge is 0.263 e. The van der Waals surface area contributed by atoms with Crippen LogP contribution in [0.4, 0.5) is 0 Å². The van der Waals surface area contributed by atoms with E-state index in [1.165, 1.54) is 11.3 Å². The van der Waals surface area contributed by atoms with Crippen molar-refractivity contribution in [1.82, 2.24) is 15.6 Å². The number of nitrogens with zero attached hydrogens (tertiary/aromatic N) is 1. The summed E-state index contributed by atoms with van der Waals surface area (Å²) in [4.78, 5) is 17.0. The van der Waals surface area contributed by atoms with E-state index in [1.807, 2.05) is 13.8 Å². The Morgan fingerprint density at radius 1 is 1.74 bits per heavy atom. The normalized spacial score (nSPS) is 21.1. The Kier molecular flexibility index (Phi) is 5.30. The van der Waals surface area contributed by atoms with Gasteiger partial charge in [0.25, 0.3) is 5.91 Å². The van der Waals surface area contributed by atoms with Crippen molar-refractivity contribution in [3.63, 3.8) is 0 Å². The van der Waals surface area contributed by atoms with Crippen molar-refractivity contribution in [3.05, 3.63) is 16.1 Å². The third-order valence-corrected chi connectivity index (χ3v) is 4.30. The van der Waals surface area contributed by atoms with Crippen LogP contribution in [0.5, 0.6) is 0 Å². The Balaban J connectivity index is 1.91. The summed E-state index contributed by atoms with van der Waals surface area (Å²) >= 11 is 1.41. The summed E-state index contributed by atoms with van der Waals surface area (Å²) in [5, 5.41) is 7.19. The van der Waals surface area contributed by atoms with Gasteiger partial charge in [-0.25, -0.2) is 4.98 Å². The number of hydrogen-bond acceptors (Lipinski definition) is 5.